The molecular formula is C11H16N2O. The zero-order chi connectivity index (χ0) is 9.97. The number of para-hydroxylation sites is 2. The van der Waals surface area contributed by atoms with Gasteiger partial charge < -0.3 is 15.4 Å². The standard InChI is InChI=1S/C11H16N2O/c1-2-14-11-6-4-3-5-10(11)13-7-9(12)8-13/h3-6,9H,2,7-8,12H2,1H3. The minimum absolute atomic E-state index is 0.324. The summed E-state index contributed by atoms with van der Waals surface area (Å²) in [6.45, 7) is 4.57. The van der Waals surface area contributed by atoms with Crippen LogP contribution in [-0.2, 0) is 0 Å². The molecule has 0 bridgehead atoms. The molecular weight excluding hydrogens is 176 g/mol. The van der Waals surface area contributed by atoms with Crippen molar-refractivity contribution in [2.45, 2.75) is 13.0 Å². The maximum absolute atomic E-state index is 5.75. The summed E-state index contributed by atoms with van der Waals surface area (Å²) in [6, 6.07) is 8.43. The predicted octanol–water partition coefficient (Wildman–Crippen LogP) is 1.23. The highest BCUT2D eigenvalue weighted by molar-refractivity contribution is 5.60. The van der Waals surface area contributed by atoms with E-state index in [-0.39, 0.29) is 0 Å². The Balaban J connectivity index is 2.15. The van der Waals surface area contributed by atoms with Gasteiger partial charge in [0.15, 0.2) is 0 Å². The van der Waals surface area contributed by atoms with Crippen LogP contribution in [0.15, 0.2) is 24.3 Å². The van der Waals surface area contributed by atoms with Crippen molar-refractivity contribution in [2.75, 3.05) is 24.6 Å². The molecule has 2 rings (SSSR count). The van der Waals surface area contributed by atoms with E-state index < -0.39 is 0 Å². The van der Waals surface area contributed by atoms with Crippen LogP contribution in [0.4, 0.5) is 5.69 Å². The molecule has 0 aliphatic carbocycles. The fourth-order valence-electron chi connectivity index (χ4n) is 1.71. The van der Waals surface area contributed by atoms with Crippen LogP contribution in [0, 0.1) is 0 Å². The van der Waals surface area contributed by atoms with Crippen molar-refractivity contribution < 1.29 is 4.74 Å². The second-order valence-electron chi connectivity index (χ2n) is 3.57. The van der Waals surface area contributed by atoms with Crippen molar-refractivity contribution in [3.8, 4) is 5.75 Å². The summed E-state index contributed by atoms with van der Waals surface area (Å²) in [5, 5.41) is 0. The highest BCUT2D eigenvalue weighted by Crippen LogP contribution is 2.30. The molecule has 1 heterocycles. The minimum Gasteiger partial charge on any atom is -0.492 e. The Morgan fingerprint density at radius 2 is 2.14 bits per heavy atom. The van der Waals surface area contributed by atoms with Crippen LogP contribution in [0.1, 0.15) is 6.92 Å². The van der Waals surface area contributed by atoms with Crippen LogP contribution < -0.4 is 15.4 Å². The van der Waals surface area contributed by atoms with E-state index in [9.17, 15) is 0 Å². The second kappa shape index (κ2) is 3.88. The highest BCUT2D eigenvalue weighted by Gasteiger charge is 2.25. The van der Waals surface area contributed by atoms with E-state index in [1.807, 2.05) is 25.1 Å². The van der Waals surface area contributed by atoms with Gasteiger partial charge in [0, 0.05) is 19.1 Å². The van der Waals surface area contributed by atoms with Gasteiger partial charge in [0.2, 0.25) is 0 Å². The van der Waals surface area contributed by atoms with Gasteiger partial charge in [-0.15, -0.1) is 0 Å². The molecule has 0 saturated carbocycles. The Bertz CT molecular complexity index is 308. The predicted molar refractivity (Wildman–Crippen MR) is 57.8 cm³/mol. The summed E-state index contributed by atoms with van der Waals surface area (Å²) < 4.78 is 5.55. The van der Waals surface area contributed by atoms with E-state index in [0.29, 0.717) is 12.6 Å². The zero-order valence-electron chi connectivity index (χ0n) is 8.44. The lowest BCUT2D eigenvalue weighted by atomic mass is 10.1. The van der Waals surface area contributed by atoms with E-state index in [0.717, 1.165) is 24.5 Å². The first-order valence-electron chi connectivity index (χ1n) is 5.03. The summed E-state index contributed by atoms with van der Waals surface area (Å²) in [5.41, 5.74) is 6.91. The summed E-state index contributed by atoms with van der Waals surface area (Å²) in [4.78, 5) is 2.25. The van der Waals surface area contributed by atoms with Gasteiger partial charge in [0.25, 0.3) is 0 Å². The number of rotatable bonds is 3. The molecule has 3 nitrogen and oxygen atoms in total. The number of hydrogen-bond acceptors (Lipinski definition) is 3. The summed E-state index contributed by atoms with van der Waals surface area (Å²) in [5.74, 6) is 0.960. The van der Waals surface area contributed by atoms with Gasteiger partial charge >= 0.3 is 0 Å². The molecule has 3 heteroatoms. The lowest BCUT2D eigenvalue weighted by Crippen LogP contribution is -2.55. The molecule has 0 aromatic heterocycles. The molecule has 1 fully saturated rings. The first-order valence-corrected chi connectivity index (χ1v) is 5.03. The topological polar surface area (TPSA) is 38.5 Å². The number of anilines is 1. The van der Waals surface area contributed by atoms with Gasteiger partial charge in [0.05, 0.1) is 12.3 Å². The van der Waals surface area contributed by atoms with E-state index in [1.54, 1.807) is 0 Å². The molecule has 0 spiro atoms. The molecule has 76 valence electrons. The van der Waals surface area contributed by atoms with Crippen molar-refractivity contribution in [1.29, 1.82) is 0 Å². The molecule has 2 N–H and O–H groups in total. The van der Waals surface area contributed by atoms with Crippen LogP contribution in [0.25, 0.3) is 0 Å². The Hall–Kier alpha value is -1.22. The monoisotopic (exact) mass is 192 g/mol. The number of ether oxygens (including phenoxy) is 1. The molecule has 0 atom stereocenters. The smallest absolute Gasteiger partial charge is 0.142 e. The largest absolute Gasteiger partial charge is 0.492 e. The van der Waals surface area contributed by atoms with Crippen LogP contribution in [0.3, 0.4) is 0 Å². The fourth-order valence-corrected chi connectivity index (χ4v) is 1.71. The third-order valence-corrected chi connectivity index (χ3v) is 2.42. The SMILES string of the molecule is CCOc1ccccc1N1CC(N)C1. The molecule has 1 aliphatic rings. The lowest BCUT2D eigenvalue weighted by molar-refractivity contribution is 0.338. The Morgan fingerprint density at radius 3 is 2.79 bits per heavy atom. The quantitative estimate of drug-likeness (QED) is 0.783. The van der Waals surface area contributed by atoms with Gasteiger partial charge in [-0.05, 0) is 19.1 Å². The van der Waals surface area contributed by atoms with Crippen LogP contribution in [-0.4, -0.2) is 25.7 Å². The van der Waals surface area contributed by atoms with E-state index in [1.165, 1.54) is 0 Å². The molecule has 1 aromatic carbocycles. The van der Waals surface area contributed by atoms with Crippen molar-refractivity contribution in [1.82, 2.24) is 0 Å². The average Bonchev–Trinajstić information content (AvgIpc) is 2.15. The Kier molecular flexibility index (Phi) is 2.59. The van der Waals surface area contributed by atoms with Gasteiger partial charge in [-0.2, -0.15) is 0 Å². The second-order valence-corrected chi connectivity index (χ2v) is 3.57. The van der Waals surface area contributed by atoms with Crippen molar-refractivity contribution in [2.24, 2.45) is 5.73 Å². The van der Waals surface area contributed by atoms with E-state index in [2.05, 4.69) is 11.0 Å². The Labute approximate surface area is 84.5 Å². The first kappa shape index (κ1) is 9.34. The van der Waals surface area contributed by atoms with Crippen molar-refractivity contribution in [3.63, 3.8) is 0 Å². The normalized spacial score (nSPS) is 16.6. The van der Waals surface area contributed by atoms with E-state index in [4.69, 9.17) is 10.5 Å². The first-order chi connectivity index (χ1) is 6.81. The van der Waals surface area contributed by atoms with Crippen molar-refractivity contribution >= 4 is 5.69 Å². The van der Waals surface area contributed by atoms with Crippen LogP contribution >= 0.6 is 0 Å². The minimum atomic E-state index is 0.324. The maximum atomic E-state index is 5.75. The zero-order valence-corrected chi connectivity index (χ0v) is 8.44. The van der Waals surface area contributed by atoms with Gasteiger partial charge in [0.1, 0.15) is 5.75 Å². The maximum Gasteiger partial charge on any atom is 0.142 e. The molecule has 0 amide bonds. The van der Waals surface area contributed by atoms with Gasteiger partial charge in [-0.1, -0.05) is 12.1 Å². The molecule has 1 aromatic rings. The fraction of sp³-hybridized carbons (Fsp3) is 0.455. The molecule has 1 aliphatic heterocycles. The Morgan fingerprint density at radius 1 is 1.43 bits per heavy atom. The number of nitrogens with two attached hydrogens (primary N) is 1. The van der Waals surface area contributed by atoms with Gasteiger partial charge in [-0.25, -0.2) is 0 Å². The highest BCUT2D eigenvalue weighted by atomic mass is 16.5. The van der Waals surface area contributed by atoms with Crippen LogP contribution in [0.5, 0.6) is 5.75 Å². The number of benzene rings is 1. The van der Waals surface area contributed by atoms with E-state index >= 15 is 0 Å². The molecule has 1 saturated heterocycles. The van der Waals surface area contributed by atoms with Gasteiger partial charge in [-0.3, -0.25) is 0 Å². The summed E-state index contributed by atoms with van der Waals surface area (Å²) in [7, 11) is 0. The van der Waals surface area contributed by atoms with Crippen molar-refractivity contribution in [3.05, 3.63) is 24.3 Å². The van der Waals surface area contributed by atoms with Crippen LogP contribution in [0.2, 0.25) is 0 Å². The summed E-state index contributed by atoms with van der Waals surface area (Å²) in [6.07, 6.45) is 0. The lowest BCUT2D eigenvalue weighted by Gasteiger charge is -2.39. The third kappa shape index (κ3) is 1.68. The molecule has 14 heavy (non-hydrogen) atoms. The number of hydrogen-bond donors (Lipinski definition) is 1. The molecule has 0 radical (unpaired) electrons. The molecule has 0 unspecified atom stereocenters. The summed E-state index contributed by atoms with van der Waals surface area (Å²) >= 11 is 0. The third-order valence-electron chi connectivity index (χ3n) is 2.42. The average molecular weight is 192 g/mol. The number of nitrogens with zero attached hydrogens (tertiary/aromatic N) is 1.